The van der Waals surface area contributed by atoms with Crippen molar-refractivity contribution in [2.24, 2.45) is 0 Å². The van der Waals surface area contributed by atoms with Crippen LogP contribution in [0.3, 0.4) is 0 Å². The fourth-order valence-corrected chi connectivity index (χ4v) is 1.66. The minimum atomic E-state index is 0.918. The van der Waals surface area contributed by atoms with Crippen molar-refractivity contribution >= 4 is 15.9 Å². The van der Waals surface area contributed by atoms with Gasteiger partial charge in [-0.2, -0.15) is 0 Å². The van der Waals surface area contributed by atoms with E-state index in [1.165, 1.54) is 5.56 Å². The molecule has 0 atom stereocenters. The highest BCUT2D eigenvalue weighted by Gasteiger charge is 2.02. The summed E-state index contributed by atoms with van der Waals surface area (Å²) in [5.74, 6) is 0.918. The van der Waals surface area contributed by atoms with Crippen molar-refractivity contribution in [3.63, 3.8) is 0 Å². The molecule has 0 aromatic heterocycles. The maximum absolute atomic E-state index is 5.18. The number of rotatable bonds is 4. The van der Waals surface area contributed by atoms with Gasteiger partial charge >= 0.3 is 0 Å². The standard InChI is InChI=1S/C11H16BrNO/c1-13(2)7-6-9-8-10(14-3)4-5-11(9)12/h4-5,8H,6-7H2,1-3H3. The molecule has 0 fully saturated rings. The zero-order valence-corrected chi connectivity index (χ0v) is 10.5. The molecule has 0 spiro atoms. The van der Waals surface area contributed by atoms with Crippen LogP contribution < -0.4 is 4.74 Å². The molecule has 0 unspecified atom stereocenters. The number of likely N-dealkylation sites (N-methyl/N-ethyl adjacent to an activating group) is 1. The van der Waals surface area contributed by atoms with Crippen molar-refractivity contribution in [1.29, 1.82) is 0 Å². The summed E-state index contributed by atoms with van der Waals surface area (Å²) in [6, 6.07) is 6.07. The maximum Gasteiger partial charge on any atom is 0.119 e. The van der Waals surface area contributed by atoms with Crippen LogP contribution in [0.1, 0.15) is 5.56 Å². The van der Waals surface area contributed by atoms with Gasteiger partial charge in [-0.15, -0.1) is 0 Å². The first-order chi connectivity index (χ1) is 6.63. The van der Waals surface area contributed by atoms with Gasteiger partial charge in [0.15, 0.2) is 0 Å². The van der Waals surface area contributed by atoms with Crippen LogP contribution in [-0.4, -0.2) is 32.6 Å². The first kappa shape index (κ1) is 11.5. The van der Waals surface area contributed by atoms with Gasteiger partial charge < -0.3 is 9.64 Å². The molecule has 78 valence electrons. The third kappa shape index (κ3) is 3.31. The summed E-state index contributed by atoms with van der Waals surface area (Å²) < 4.78 is 6.34. The van der Waals surface area contributed by atoms with Crippen molar-refractivity contribution in [2.45, 2.75) is 6.42 Å². The molecule has 0 aliphatic rings. The molecule has 14 heavy (non-hydrogen) atoms. The quantitative estimate of drug-likeness (QED) is 0.823. The fourth-order valence-electron chi connectivity index (χ4n) is 1.21. The van der Waals surface area contributed by atoms with Crippen molar-refractivity contribution in [2.75, 3.05) is 27.7 Å². The van der Waals surface area contributed by atoms with Crippen LogP contribution in [0.5, 0.6) is 5.75 Å². The Morgan fingerprint density at radius 1 is 1.36 bits per heavy atom. The Balaban J connectivity index is 2.73. The zero-order chi connectivity index (χ0) is 10.6. The van der Waals surface area contributed by atoms with E-state index in [1.54, 1.807) is 7.11 Å². The molecular formula is C11H16BrNO. The van der Waals surface area contributed by atoms with E-state index in [0.717, 1.165) is 23.2 Å². The minimum absolute atomic E-state index is 0.918. The number of halogens is 1. The summed E-state index contributed by atoms with van der Waals surface area (Å²) in [6.07, 6.45) is 1.03. The van der Waals surface area contributed by atoms with E-state index in [9.17, 15) is 0 Å². The SMILES string of the molecule is COc1ccc(Br)c(CCN(C)C)c1. The van der Waals surface area contributed by atoms with Gasteiger partial charge in [-0.1, -0.05) is 15.9 Å². The van der Waals surface area contributed by atoms with E-state index in [0.29, 0.717) is 0 Å². The second-order valence-corrected chi connectivity index (χ2v) is 4.36. The highest BCUT2D eigenvalue weighted by molar-refractivity contribution is 9.10. The van der Waals surface area contributed by atoms with Crippen LogP contribution >= 0.6 is 15.9 Å². The van der Waals surface area contributed by atoms with Gasteiger partial charge in [0.25, 0.3) is 0 Å². The Hall–Kier alpha value is -0.540. The predicted molar refractivity (Wildman–Crippen MR) is 63.0 cm³/mol. The average molecular weight is 258 g/mol. The van der Waals surface area contributed by atoms with E-state index < -0.39 is 0 Å². The topological polar surface area (TPSA) is 12.5 Å². The number of hydrogen-bond acceptors (Lipinski definition) is 2. The highest BCUT2D eigenvalue weighted by Crippen LogP contribution is 2.22. The van der Waals surface area contributed by atoms with E-state index in [1.807, 2.05) is 12.1 Å². The normalized spacial score (nSPS) is 10.6. The summed E-state index contributed by atoms with van der Waals surface area (Å²) >= 11 is 3.54. The molecule has 0 bridgehead atoms. The lowest BCUT2D eigenvalue weighted by Gasteiger charge is -2.11. The van der Waals surface area contributed by atoms with Gasteiger partial charge in [0, 0.05) is 11.0 Å². The number of ether oxygens (including phenoxy) is 1. The Labute approximate surface area is 94.0 Å². The summed E-state index contributed by atoms with van der Waals surface area (Å²) in [4.78, 5) is 2.17. The third-order valence-electron chi connectivity index (χ3n) is 2.08. The molecule has 0 radical (unpaired) electrons. The largest absolute Gasteiger partial charge is 0.497 e. The van der Waals surface area contributed by atoms with E-state index in [2.05, 4.69) is 41.0 Å². The highest BCUT2D eigenvalue weighted by atomic mass is 79.9. The van der Waals surface area contributed by atoms with Crippen LogP contribution in [0.2, 0.25) is 0 Å². The fraction of sp³-hybridized carbons (Fsp3) is 0.455. The first-order valence-electron chi connectivity index (χ1n) is 4.60. The number of hydrogen-bond donors (Lipinski definition) is 0. The lowest BCUT2D eigenvalue weighted by Crippen LogP contribution is -2.15. The molecule has 0 N–H and O–H groups in total. The molecule has 1 rings (SSSR count). The molecule has 1 aromatic rings. The summed E-state index contributed by atoms with van der Waals surface area (Å²) in [5, 5.41) is 0. The summed E-state index contributed by atoms with van der Waals surface area (Å²) in [5.41, 5.74) is 1.29. The van der Waals surface area contributed by atoms with E-state index in [4.69, 9.17) is 4.74 Å². The molecule has 1 aromatic carbocycles. The van der Waals surface area contributed by atoms with Gasteiger partial charge in [-0.25, -0.2) is 0 Å². The lowest BCUT2D eigenvalue weighted by molar-refractivity contribution is 0.407. The van der Waals surface area contributed by atoms with E-state index >= 15 is 0 Å². The van der Waals surface area contributed by atoms with Crippen LogP contribution in [-0.2, 0) is 6.42 Å². The zero-order valence-electron chi connectivity index (χ0n) is 8.88. The number of benzene rings is 1. The molecule has 2 nitrogen and oxygen atoms in total. The number of methoxy groups -OCH3 is 1. The molecule has 0 saturated heterocycles. The average Bonchev–Trinajstić information content (AvgIpc) is 2.16. The first-order valence-corrected chi connectivity index (χ1v) is 5.40. The molecular weight excluding hydrogens is 242 g/mol. The molecule has 0 saturated carbocycles. The van der Waals surface area contributed by atoms with Crippen LogP contribution in [0.15, 0.2) is 22.7 Å². The minimum Gasteiger partial charge on any atom is -0.497 e. The van der Waals surface area contributed by atoms with Gasteiger partial charge in [-0.05, 0) is 44.3 Å². The smallest absolute Gasteiger partial charge is 0.119 e. The second kappa shape index (κ2) is 5.37. The number of nitrogens with zero attached hydrogens (tertiary/aromatic N) is 1. The Kier molecular flexibility index (Phi) is 4.42. The molecule has 0 amide bonds. The molecule has 0 aliphatic heterocycles. The van der Waals surface area contributed by atoms with Gasteiger partial charge in [0.2, 0.25) is 0 Å². The second-order valence-electron chi connectivity index (χ2n) is 3.51. The van der Waals surface area contributed by atoms with Gasteiger partial charge in [0.05, 0.1) is 7.11 Å². The van der Waals surface area contributed by atoms with Crippen LogP contribution in [0.25, 0.3) is 0 Å². The summed E-state index contributed by atoms with van der Waals surface area (Å²) in [7, 11) is 5.85. The third-order valence-corrected chi connectivity index (χ3v) is 2.85. The van der Waals surface area contributed by atoms with E-state index in [-0.39, 0.29) is 0 Å². The van der Waals surface area contributed by atoms with Crippen molar-refractivity contribution in [3.8, 4) is 5.75 Å². The molecule has 3 heteroatoms. The van der Waals surface area contributed by atoms with Gasteiger partial charge in [0.1, 0.15) is 5.75 Å². The van der Waals surface area contributed by atoms with Crippen molar-refractivity contribution in [1.82, 2.24) is 4.90 Å². The Bertz CT molecular complexity index is 299. The monoisotopic (exact) mass is 257 g/mol. The van der Waals surface area contributed by atoms with Gasteiger partial charge in [-0.3, -0.25) is 0 Å². The molecule has 0 aliphatic carbocycles. The Morgan fingerprint density at radius 2 is 2.07 bits per heavy atom. The van der Waals surface area contributed by atoms with Crippen molar-refractivity contribution in [3.05, 3.63) is 28.2 Å². The summed E-state index contributed by atoms with van der Waals surface area (Å²) in [6.45, 7) is 1.05. The van der Waals surface area contributed by atoms with Crippen LogP contribution in [0.4, 0.5) is 0 Å². The maximum atomic E-state index is 5.18. The van der Waals surface area contributed by atoms with Crippen molar-refractivity contribution < 1.29 is 4.74 Å². The lowest BCUT2D eigenvalue weighted by atomic mass is 10.1. The molecule has 0 heterocycles. The Morgan fingerprint density at radius 3 is 2.64 bits per heavy atom. The predicted octanol–water partition coefficient (Wildman–Crippen LogP) is 2.56. The van der Waals surface area contributed by atoms with Crippen LogP contribution in [0, 0.1) is 0 Å².